The highest BCUT2D eigenvalue weighted by atomic mass is 19.2. The van der Waals surface area contributed by atoms with Crippen LogP contribution in [-0.2, 0) is 4.79 Å². The van der Waals surface area contributed by atoms with E-state index < -0.39 is 11.6 Å². The molecule has 0 aliphatic carbocycles. The molecule has 1 aromatic heterocycles. The van der Waals surface area contributed by atoms with Gasteiger partial charge in [-0.15, -0.1) is 0 Å². The van der Waals surface area contributed by atoms with Crippen molar-refractivity contribution in [3.8, 4) is 0 Å². The fourth-order valence-electron chi connectivity index (χ4n) is 2.54. The molecule has 24 heavy (non-hydrogen) atoms. The second-order valence-electron chi connectivity index (χ2n) is 5.49. The molecule has 1 fully saturated rings. The van der Waals surface area contributed by atoms with Gasteiger partial charge in [0.15, 0.2) is 11.6 Å². The predicted molar refractivity (Wildman–Crippen MR) is 86.1 cm³/mol. The molecule has 126 valence electrons. The summed E-state index contributed by atoms with van der Waals surface area (Å²) in [6.45, 7) is 4.21. The first kappa shape index (κ1) is 16.1. The monoisotopic (exact) mass is 333 g/mol. The average molecular weight is 333 g/mol. The molecule has 0 atom stereocenters. The summed E-state index contributed by atoms with van der Waals surface area (Å²) in [5, 5.41) is 2.86. The van der Waals surface area contributed by atoms with Crippen LogP contribution in [0.15, 0.2) is 30.5 Å². The molecule has 6 nitrogen and oxygen atoms in total. The molecule has 0 saturated carbocycles. The van der Waals surface area contributed by atoms with Crippen molar-refractivity contribution in [2.75, 3.05) is 36.4 Å². The van der Waals surface area contributed by atoms with Crippen molar-refractivity contribution < 1.29 is 13.6 Å². The second kappa shape index (κ2) is 6.77. The molecule has 8 heteroatoms. The van der Waals surface area contributed by atoms with E-state index in [-0.39, 0.29) is 5.91 Å². The summed E-state index contributed by atoms with van der Waals surface area (Å²) in [5.74, 6) is -0.751. The number of nitrogens with zero attached hydrogens (tertiary/aromatic N) is 4. The Bertz CT molecular complexity index is 747. The van der Waals surface area contributed by atoms with Crippen molar-refractivity contribution in [1.82, 2.24) is 14.9 Å². The predicted octanol–water partition coefficient (Wildman–Crippen LogP) is 2.17. The highest BCUT2D eigenvalue weighted by molar-refractivity contribution is 5.73. The minimum absolute atomic E-state index is 0.0676. The SMILES string of the molecule is CC(=O)N1CCN(c2ccnc(Nc3ccc(F)c(F)c3)n2)CC1. The van der Waals surface area contributed by atoms with Crippen LogP contribution in [0.1, 0.15) is 6.92 Å². The van der Waals surface area contributed by atoms with Crippen LogP contribution in [0, 0.1) is 11.6 Å². The van der Waals surface area contributed by atoms with E-state index in [1.54, 1.807) is 24.1 Å². The van der Waals surface area contributed by atoms with E-state index in [0.717, 1.165) is 18.0 Å². The fourth-order valence-corrected chi connectivity index (χ4v) is 2.54. The summed E-state index contributed by atoms with van der Waals surface area (Å²) in [5.41, 5.74) is 0.368. The number of carbonyl (C=O) groups excluding carboxylic acids is 1. The van der Waals surface area contributed by atoms with E-state index in [4.69, 9.17) is 0 Å². The second-order valence-corrected chi connectivity index (χ2v) is 5.49. The fraction of sp³-hybridized carbons (Fsp3) is 0.312. The topological polar surface area (TPSA) is 61.4 Å². The molecule has 1 saturated heterocycles. The first-order valence-electron chi connectivity index (χ1n) is 7.58. The Hall–Kier alpha value is -2.77. The van der Waals surface area contributed by atoms with Crippen molar-refractivity contribution in [2.24, 2.45) is 0 Å². The summed E-state index contributed by atoms with van der Waals surface area (Å²) < 4.78 is 26.2. The molecule has 0 unspecified atom stereocenters. The van der Waals surface area contributed by atoms with E-state index >= 15 is 0 Å². The Morgan fingerprint density at radius 3 is 2.54 bits per heavy atom. The van der Waals surface area contributed by atoms with E-state index in [9.17, 15) is 13.6 Å². The lowest BCUT2D eigenvalue weighted by molar-refractivity contribution is -0.129. The van der Waals surface area contributed by atoms with E-state index in [2.05, 4.69) is 20.2 Å². The summed E-state index contributed by atoms with van der Waals surface area (Å²) >= 11 is 0. The van der Waals surface area contributed by atoms with E-state index in [1.165, 1.54) is 6.07 Å². The molecule has 0 bridgehead atoms. The maximum absolute atomic E-state index is 13.3. The third-order valence-electron chi connectivity index (χ3n) is 3.87. The molecular weight excluding hydrogens is 316 g/mol. The molecule has 0 radical (unpaired) electrons. The standard InChI is InChI=1S/C16H17F2N5O/c1-11(24)22-6-8-23(9-7-22)15-4-5-19-16(21-15)20-12-2-3-13(17)14(18)10-12/h2-5,10H,6-9H2,1H3,(H,19,20,21). The first-order valence-corrected chi connectivity index (χ1v) is 7.58. The largest absolute Gasteiger partial charge is 0.353 e. The van der Waals surface area contributed by atoms with Gasteiger partial charge in [0.1, 0.15) is 5.82 Å². The molecule has 2 aromatic rings. The summed E-state index contributed by atoms with van der Waals surface area (Å²) in [7, 11) is 0. The molecular formula is C16H17F2N5O. The molecule has 1 amide bonds. The van der Waals surface area contributed by atoms with Gasteiger partial charge in [-0.1, -0.05) is 0 Å². The third-order valence-corrected chi connectivity index (χ3v) is 3.87. The number of nitrogens with one attached hydrogen (secondary N) is 1. The van der Waals surface area contributed by atoms with Crippen LogP contribution in [0.5, 0.6) is 0 Å². The van der Waals surface area contributed by atoms with Gasteiger partial charge in [-0.25, -0.2) is 13.8 Å². The normalized spacial score (nSPS) is 14.6. The van der Waals surface area contributed by atoms with Crippen molar-refractivity contribution in [3.63, 3.8) is 0 Å². The zero-order chi connectivity index (χ0) is 17.1. The molecule has 3 rings (SSSR count). The highest BCUT2D eigenvalue weighted by Gasteiger charge is 2.19. The molecule has 0 spiro atoms. The molecule has 1 N–H and O–H groups in total. The van der Waals surface area contributed by atoms with Gasteiger partial charge < -0.3 is 15.1 Å². The molecule has 1 aliphatic heterocycles. The quantitative estimate of drug-likeness (QED) is 0.933. The minimum Gasteiger partial charge on any atom is -0.353 e. The first-order chi connectivity index (χ1) is 11.5. The Morgan fingerprint density at radius 2 is 1.88 bits per heavy atom. The van der Waals surface area contributed by atoms with Crippen molar-refractivity contribution >= 4 is 23.4 Å². The zero-order valence-electron chi connectivity index (χ0n) is 13.2. The third kappa shape index (κ3) is 3.58. The van der Waals surface area contributed by atoms with Crippen LogP contribution in [-0.4, -0.2) is 47.0 Å². The number of amides is 1. The Morgan fingerprint density at radius 1 is 1.12 bits per heavy atom. The number of benzene rings is 1. The lowest BCUT2D eigenvalue weighted by Gasteiger charge is -2.34. The number of hydrogen-bond acceptors (Lipinski definition) is 5. The molecule has 1 aliphatic rings. The van der Waals surface area contributed by atoms with E-state index in [0.29, 0.717) is 37.8 Å². The Labute approximate surface area is 138 Å². The van der Waals surface area contributed by atoms with Gasteiger partial charge in [0.2, 0.25) is 11.9 Å². The molecule has 2 heterocycles. The smallest absolute Gasteiger partial charge is 0.229 e. The highest BCUT2D eigenvalue weighted by Crippen LogP contribution is 2.19. The van der Waals surface area contributed by atoms with Gasteiger partial charge in [0, 0.05) is 51.1 Å². The van der Waals surface area contributed by atoms with Crippen LogP contribution in [0.25, 0.3) is 0 Å². The summed E-state index contributed by atoms with van der Waals surface area (Å²) in [6, 6.07) is 5.29. The average Bonchev–Trinajstić information content (AvgIpc) is 2.58. The number of anilines is 3. The summed E-state index contributed by atoms with van der Waals surface area (Å²) in [6.07, 6.45) is 1.60. The lowest BCUT2D eigenvalue weighted by atomic mass is 10.3. The van der Waals surface area contributed by atoms with Crippen LogP contribution >= 0.6 is 0 Å². The van der Waals surface area contributed by atoms with Crippen molar-refractivity contribution in [1.29, 1.82) is 0 Å². The Kier molecular flexibility index (Phi) is 4.54. The zero-order valence-corrected chi connectivity index (χ0v) is 13.2. The summed E-state index contributed by atoms with van der Waals surface area (Å²) in [4.78, 5) is 23.7. The van der Waals surface area contributed by atoms with Crippen LogP contribution in [0.4, 0.5) is 26.2 Å². The van der Waals surface area contributed by atoms with Crippen LogP contribution < -0.4 is 10.2 Å². The van der Waals surface area contributed by atoms with Crippen molar-refractivity contribution in [2.45, 2.75) is 6.92 Å². The number of aromatic nitrogens is 2. The van der Waals surface area contributed by atoms with Gasteiger partial charge in [-0.05, 0) is 18.2 Å². The van der Waals surface area contributed by atoms with Crippen LogP contribution in [0.2, 0.25) is 0 Å². The number of halogens is 2. The molecule has 1 aromatic carbocycles. The van der Waals surface area contributed by atoms with Gasteiger partial charge in [0.05, 0.1) is 0 Å². The van der Waals surface area contributed by atoms with Gasteiger partial charge in [-0.2, -0.15) is 4.98 Å². The minimum atomic E-state index is -0.934. The number of carbonyl (C=O) groups is 1. The lowest BCUT2D eigenvalue weighted by Crippen LogP contribution is -2.48. The van der Waals surface area contributed by atoms with Gasteiger partial charge in [-0.3, -0.25) is 4.79 Å². The van der Waals surface area contributed by atoms with Gasteiger partial charge >= 0.3 is 0 Å². The maximum Gasteiger partial charge on any atom is 0.229 e. The number of piperazine rings is 1. The van der Waals surface area contributed by atoms with Gasteiger partial charge in [0.25, 0.3) is 0 Å². The number of rotatable bonds is 3. The van der Waals surface area contributed by atoms with Crippen molar-refractivity contribution in [3.05, 3.63) is 42.1 Å². The van der Waals surface area contributed by atoms with E-state index in [1.807, 2.05) is 0 Å². The van der Waals surface area contributed by atoms with Crippen LogP contribution in [0.3, 0.4) is 0 Å². The Balaban J connectivity index is 1.70. The maximum atomic E-state index is 13.3. The number of hydrogen-bond donors (Lipinski definition) is 1.